The molecule has 2 rings (SSSR count). The topological polar surface area (TPSA) is 97.2 Å². The number of benzene rings is 1. The van der Waals surface area contributed by atoms with Gasteiger partial charge in [-0.25, -0.2) is 0 Å². The number of nitrogens with two attached hydrogens (primary N) is 1. The Kier molecular flexibility index (Phi) is 4.39. The number of carbonyl (C=O) groups is 1. The zero-order valence-electron chi connectivity index (χ0n) is 10.8. The van der Waals surface area contributed by atoms with Crippen molar-refractivity contribution in [3.8, 4) is 5.75 Å². The van der Waals surface area contributed by atoms with Crippen molar-refractivity contribution in [2.75, 3.05) is 18.9 Å². The summed E-state index contributed by atoms with van der Waals surface area (Å²) in [5.74, 6) is 0.430. The van der Waals surface area contributed by atoms with Gasteiger partial charge in [-0.3, -0.25) is 9.59 Å². The van der Waals surface area contributed by atoms with E-state index in [1.165, 1.54) is 18.3 Å². The van der Waals surface area contributed by atoms with Gasteiger partial charge in [-0.05, 0) is 30.3 Å². The minimum Gasteiger partial charge on any atom is -0.492 e. The second-order valence-corrected chi connectivity index (χ2v) is 4.11. The van der Waals surface area contributed by atoms with Crippen molar-refractivity contribution >= 4 is 11.6 Å². The lowest BCUT2D eigenvalue weighted by atomic mass is 10.3. The van der Waals surface area contributed by atoms with E-state index in [2.05, 4.69) is 10.3 Å². The molecule has 0 saturated heterocycles. The highest BCUT2D eigenvalue weighted by atomic mass is 16.5. The number of hydrogen-bond acceptors (Lipinski definition) is 4. The van der Waals surface area contributed by atoms with E-state index in [-0.39, 0.29) is 11.5 Å². The Morgan fingerprint density at radius 1 is 1.20 bits per heavy atom. The van der Waals surface area contributed by atoms with Crippen molar-refractivity contribution in [2.24, 2.45) is 0 Å². The number of hydrogen-bond donors (Lipinski definition) is 3. The average molecular weight is 273 g/mol. The summed E-state index contributed by atoms with van der Waals surface area (Å²) in [6.45, 7) is 0.710. The molecule has 0 fully saturated rings. The molecule has 0 aliphatic rings. The van der Waals surface area contributed by atoms with E-state index < -0.39 is 0 Å². The fourth-order valence-corrected chi connectivity index (χ4v) is 1.55. The van der Waals surface area contributed by atoms with Crippen molar-refractivity contribution in [1.82, 2.24) is 10.3 Å². The molecule has 0 atom stereocenters. The van der Waals surface area contributed by atoms with Gasteiger partial charge in [-0.15, -0.1) is 0 Å². The highest BCUT2D eigenvalue weighted by molar-refractivity contribution is 5.93. The summed E-state index contributed by atoms with van der Waals surface area (Å²) in [7, 11) is 0. The molecule has 0 bridgehead atoms. The predicted octanol–water partition coefficient (Wildman–Crippen LogP) is 0.766. The second kappa shape index (κ2) is 6.42. The number of aromatic nitrogens is 1. The molecule has 104 valence electrons. The van der Waals surface area contributed by atoms with Gasteiger partial charge in [-0.2, -0.15) is 0 Å². The Labute approximate surface area is 115 Å². The maximum Gasteiger partial charge on any atom is 0.252 e. The molecule has 20 heavy (non-hydrogen) atoms. The van der Waals surface area contributed by atoms with Crippen LogP contribution in [0.1, 0.15) is 10.4 Å². The van der Waals surface area contributed by atoms with Gasteiger partial charge in [0.05, 0.1) is 12.1 Å². The number of nitrogens with one attached hydrogen (secondary N) is 2. The molecule has 0 saturated carbocycles. The zero-order valence-corrected chi connectivity index (χ0v) is 10.8. The Hall–Kier alpha value is -2.76. The standard InChI is InChI=1S/C14H15N3O3/c15-11-2-4-12(5-3-11)20-8-7-16-14(19)10-1-6-13(18)17-9-10/h1-6,9H,7-8,15H2,(H,16,19)(H,17,18). The zero-order chi connectivity index (χ0) is 14.4. The largest absolute Gasteiger partial charge is 0.492 e. The lowest BCUT2D eigenvalue weighted by molar-refractivity contribution is 0.0946. The summed E-state index contributed by atoms with van der Waals surface area (Å²) in [5, 5.41) is 2.69. The van der Waals surface area contributed by atoms with Crippen molar-refractivity contribution in [3.05, 3.63) is 58.5 Å². The predicted molar refractivity (Wildman–Crippen MR) is 75.7 cm³/mol. The van der Waals surface area contributed by atoms with Crippen LogP contribution in [0.15, 0.2) is 47.4 Å². The smallest absolute Gasteiger partial charge is 0.252 e. The number of rotatable bonds is 5. The fraction of sp³-hybridized carbons (Fsp3) is 0.143. The van der Waals surface area contributed by atoms with Gasteiger partial charge >= 0.3 is 0 Å². The van der Waals surface area contributed by atoms with E-state index in [0.717, 1.165) is 0 Å². The van der Waals surface area contributed by atoms with Gasteiger partial charge < -0.3 is 20.8 Å². The first-order valence-electron chi connectivity index (χ1n) is 6.10. The van der Waals surface area contributed by atoms with Crippen molar-refractivity contribution in [1.29, 1.82) is 0 Å². The van der Waals surface area contributed by atoms with Crippen LogP contribution < -0.4 is 21.3 Å². The fourth-order valence-electron chi connectivity index (χ4n) is 1.55. The van der Waals surface area contributed by atoms with Gasteiger partial charge in [0, 0.05) is 18.0 Å². The average Bonchev–Trinajstić information content (AvgIpc) is 2.46. The maximum atomic E-state index is 11.7. The maximum absolute atomic E-state index is 11.7. The Morgan fingerprint density at radius 2 is 1.95 bits per heavy atom. The van der Waals surface area contributed by atoms with Crippen molar-refractivity contribution in [3.63, 3.8) is 0 Å². The molecule has 2 aromatic rings. The molecule has 1 heterocycles. The first kappa shape index (κ1) is 13.7. The molecule has 1 amide bonds. The van der Waals surface area contributed by atoms with Crippen LogP contribution in [0.25, 0.3) is 0 Å². The minimum absolute atomic E-state index is 0.242. The van der Waals surface area contributed by atoms with Gasteiger partial charge in [-0.1, -0.05) is 0 Å². The summed E-state index contributed by atoms with van der Waals surface area (Å²) >= 11 is 0. The third-order valence-corrected chi connectivity index (χ3v) is 2.58. The number of nitrogen functional groups attached to an aromatic ring is 1. The summed E-state index contributed by atoms with van der Waals surface area (Å²) < 4.78 is 5.44. The van der Waals surface area contributed by atoms with Crippen LogP contribution in [-0.2, 0) is 0 Å². The Balaban J connectivity index is 1.75. The van der Waals surface area contributed by atoms with Crippen molar-refractivity contribution < 1.29 is 9.53 Å². The first-order valence-corrected chi connectivity index (χ1v) is 6.10. The Morgan fingerprint density at radius 3 is 2.60 bits per heavy atom. The van der Waals surface area contributed by atoms with Gasteiger partial charge in [0.25, 0.3) is 5.91 Å². The van der Waals surface area contributed by atoms with E-state index in [1.54, 1.807) is 24.3 Å². The number of aromatic amines is 1. The van der Waals surface area contributed by atoms with Gasteiger partial charge in [0.2, 0.25) is 5.56 Å². The van der Waals surface area contributed by atoms with Gasteiger partial charge in [0.1, 0.15) is 12.4 Å². The monoisotopic (exact) mass is 273 g/mol. The number of ether oxygens (including phenoxy) is 1. The molecule has 0 unspecified atom stereocenters. The molecule has 0 aliphatic heterocycles. The van der Waals surface area contributed by atoms with Crippen LogP contribution in [0.3, 0.4) is 0 Å². The third kappa shape index (κ3) is 3.88. The lowest BCUT2D eigenvalue weighted by Crippen LogP contribution is -2.28. The summed E-state index contributed by atoms with van der Waals surface area (Å²) in [6, 6.07) is 9.79. The quantitative estimate of drug-likeness (QED) is 0.553. The molecule has 0 aliphatic carbocycles. The molecule has 4 N–H and O–H groups in total. The van der Waals surface area contributed by atoms with Gasteiger partial charge in [0.15, 0.2) is 0 Å². The number of pyridine rings is 1. The summed E-state index contributed by atoms with van der Waals surface area (Å²) in [5.41, 5.74) is 6.39. The highest BCUT2D eigenvalue weighted by Gasteiger charge is 2.04. The van der Waals surface area contributed by atoms with E-state index >= 15 is 0 Å². The van der Waals surface area contributed by atoms with E-state index in [1.807, 2.05) is 0 Å². The van der Waals surface area contributed by atoms with E-state index in [9.17, 15) is 9.59 Å². The van der Waals surface area contributed by atoms with Crippen LogP contribution in [-0.4, -0.2) is 24.0 Å². The Bertz CT molecular complexity index is 614. The SMILES string of the molecule is Nc1ccc(OCCNC(=O)c2ccc(=O)[nH]c2)cc1. The molecule has 6 heteroatoms. The molecule has 1 aromatic carbocycles. The molecule has 6 nitrogen and oxygen atoms in total. The minimum atomic E-state index is -0.262. The van der Waals surface area contributed by atoms with Crippen LogP contribution in [0.4, 0.5) is 5.69 Å². The third-order valence-electron chi connectivity index (χ3n) is 2.58. The van der Waals surface area contributed by atoms with Crippen LogP contribution >= 0.6 is 0 Å². The molecule has 1 aromatic heterocycles. The lowest BCUT2D eigenvalue weighted by Gasteiger charge is -2.07. The summed E-state index contributed by atoms with van der Waals surface area (Å²) in [4.78, 5) is 25.0. The molecule has 0 spiro atoms. The molecular formula is C14H15N3O3. The van der Waals surface area contributed by atoms with Crippen LogP contribution in [0.2, 0.25) is 0 Å². The van der Waals surface area contributed by atoms with Crippen molar-refractivity contribution in [2.45, 2.75) is 0 Å². The van der Waals surface area contributed by atoms with E-state index in [4.69, 9.17) is 10.5 Å². The normalized spacial score (nSPS) is 10.0. The first-order chi connectivity index (χ1) is 9.65. The second-order valence-electron chi connectivity index (χ2n) is 4.11. The van der Waals surface area contributed by atoms with Crippen LogP contribution in [0, 0.1) is 0 Å². The number of carbonyl (C=O) groups excluding carboxylic acids is 1. The highest BCUT2D eigenvalue weighted by Crippen LogP contribution is 2.12. The molecular weight excluding hydrogens is 258 g/mol. The molecule has 0 radical (unpaired) electrons. The number of H-pyrrole nitrogens is 1. The number of amides is 1. The number of anilines is 1. The van der Waals surface area contributed by atoms with Crippen LogP contribution in [0.5, 0.6) is 5.75 Å². The summed E-state index contributed by atoms with van der Waals surface area (Å²) in [6.07, 6.45) is 1.37. The van der Waals surface area contributed by atoms with E-state index in [0.29, 0.717) is 30.2 Å².